The third kappa shape index (κ3) is 8.17. The number of aromatic amines is 1. The van der Waals surface area contributed by atoms with Crippen LogP contribution in [-0.2, 0) is 32.0 Å². The van der Waals surface area contributed by atoms with Gasteiger partial charge in [0.25, 0.3) is 5.56 Å². The number of aliphatic hydroxyl groups excluding tert-OH is 1. The van der Waals surface area contributed by atoms with Crippen LogP contribution in [0.1, 0.15) is 19.6 Å². The lowest BCUT2D eigenvalue weighted by Crippen LogP contribution is -2.41. The number of nitrogens with one attached hydrogen (secondary N) is 1. The number of carbonyl (C=O) groups excluding carboxylic acids is 1. The molecule has 1 aromatic heterocycles. The molecule has 2 aromatic rings. The molecule has 4 N–H and O–H groups in total. The Balaban J connectivity index is 1.76. The van der Waals surface area contributed by atoms with Crippen LogP contribution in [0.15, 0.2) is 52.2 Å². The number of benzene rings is 1. The van der Waals surface area contributed by atoms with Crippen molar-refractivity contribution in [2.45, 2.75) is 37.9 Å². The molecule has 1 aromatic carbocycles. The maximum absolute atomic E-state index is 12.3. The fraction of sp³-hybridized carbons (Fsp3) is 0.421. The van der Waals surface area contributed by atoms with Gasteiger partial charge in [-0.25, -0.2) is 18.7 Å². The lowest BCUT2D eigenvalue weighted by Gasteiger charge is -2.21. The Kier molecular flexibility index (Phi) is 9.58. The van der Waals surface area contributed by atoms with E-state index >= 15 is 0 Å². The van der Waals surface area contributed by atoms with Crippen LogP contribution in [0.25, 0.3) is 0 Å². The number of nitrogens with zero attached hydrogens (tertiary/aromatic N) is 1. The van der Waals surface area contributed by atoms with Crippen LogP contribution in [0.3, 0.4) is 0 Å². The Labute approximate surface area is 208 Å². The molecule has 6 atom stereocenters. The number of hydrogen-bond acceptors (Lipinski definition) is 12. The van der Waals surface area contributed by atoms with E-state index in [9.17, 15) is 38.4 Å². The highest BCUT2D eigenvalue weighted by Gasteiger charge is 2.49. The number of hydrogen-bond donors (Lipinski definition) is 4. The van der Waals surface area contributed by atoms with E-state index in [1.165, 1.54) is 12.1 Å². The number of phosphoric ester groups is 2. The van der Waals surface area contributed by atoms with E-state index in [0.29, 0.717) is 6.42 Å². The molecule has 1 fully saturated rings. The van der Waals surface area contributed by atoms with Gasteiger partial charge < -0.3 is 29.1 Å². The first-order chi connectivity index (χ1) is 17.4. The van der Waals surface area contributed by atoms with Gasteiger partial charge in [0.2, 0.25) is 0 Å². The third-order valence-electron chi connectivity index (χ3n) is 4.68. The summed E-state index contributed by atoms with van der Waals surface area (Å²) < 4.78 is 53.6. The molecule has 0 amide bonds. The van der Waals surface area contributed by atoms with Crippen LogP contribution in [0.5, 0.6) is 5.75 Å². The van der Waals surface area contributed by atoms with E-state index in [0.717, 1.165) is 16.8 Å². The van der Waals surface area contributed by atoms with E-state index in [-0.39, 0.29) is 12.4 Å². The van der Waals surface area contributed by atoms with Crippen LogP contribution in [0.4, 0.5) is 4.79 Å². The zero-order valence-electron chi connectivity index (χ0n) is 19.1. The van der Waals surface area contributed by atoms with Crippen molar-refractivity contribution in [2.24, 2.45) is 0 Å². The molecule has 0 bridgehead atoms. The Morgan fingerprint density at radius 3 is 2.43 bits per heavy atom. The molecular weight excluding hydrogens is 542 g/mol. The fourth-order valence-corrected chi connectivity index (χ4v) is 5.28. The molecule has 37 heavy (non-hydrogen) atoms. The summed E-state index contributed by atoms with van der Waals surface area (Å²) in [6.45, 7) is 0.447. The number of rotatable bonds is 11. The molecule has 2 heterocycles. The summed E-state index contributed by atoms with van der Waals surface area (Å²) in [5.41, 5.74) is -1.72. The number of phosphoric acid groups is 2. The first-order valence-corrected chi connectivity index (χ1v) is 13.6. The monoisotopic (exact) mass is 566 g/mol. The van der Waals surface area contributed by atoms with Gasteiger partial charge in [-0.1, -0.05) is 25.1 Å². The van der Waals surface area contributed by atoms with Gasteiger partial charge in [-0.3, -0.25) is 23.4 Å². The highest BCUT2D eigenvalue weighted by Crippen LogP contribution is 2.60. The number of para-hydroxylation sites is 1. The lowest BCUT2D eigenvalue weighted by molar-refractivity contribution is -0.0605. The quantitative estimate of drug-likeness (QED) is 0.170. The van der Waals surface area contributed by atoms with E-state index < -0.39 is 64.2 Å². The molecule has 16 nitrogen and oxygen atoms in total. The molecule has 0 saturated carbocycles. The fourth-order valence-electron chi connectivity index (χ4n) is 3.11. The molecule has 1 aliphatic rings. The summed E-state index contributed by atoms with van der Waals surface area (Å²) in [5, 5.41) is 10.7. The second kappa shape index (κ2) is 12.3. The van der Waals surface area contributed by atoms with Crippen molar-refractivity contribution >= 4 is 21.8 Å². The number of aliphatic hydroxyl groups is 1. The van der Waals surface area contributed by atoms with Gasteiger partial charge in [-0.2, -0.15) is 4.31 Å². The van der Waals surface area contributed by atoms with Gasteiger partial charge in [-0.15, -0.1) is 0 Å². The molecule has 18 heteroatoms. The Bertz CT molecular complexity index is 1280. The topological polar surface area (TPSA) is 222 Å². The van der Waals surface area contributed by atoms with Crippen molar-refractivity contribution in [1.29, 1.82) is 0 Å². The summed E-state index contributed by atoms with van der Waals surface area (Å²) in [4.78, 5) is 57.3. The average Bonchev–Trinajstić information content (AvgIpc) is 3.11. The van der Waals surface area contributed by atoms with Gasteiger partial charge in [0.1, 0.15) is 18.0 Å². The van der Waals surface area contributed by atoms with Gasteiger partial charge in [0, 0.05) is 12.3 Å². The number of carbonyl (C=O) groups is 1. The number of H-pyrrole nitrogens is 1. The number of ether oxygens (including phenoxy) is 3. The summed E-state index contributed by atoms with van der Waals surface area (Å²) in [6, 6.07) is 8.70. The normalized spacial score (nSPS) is 24.6. The number of aromatic nitrogens is 2. The van der Waals surface area contributed by atoms with Crippen molar-refractivity contribution < 1.29 is 56.4 Å². The molecule has 0 radical (unpaired) electrons. The maximum atomic E-state index is 12.3. The van der Waals surface area contributed by atoms with Crippen LogP contribution in [-0.4, -0.2) is 62.1 Å². The maximum Gasteiger partial charge on any atom is 0.514 e. The molecule has 3 rings (SSSR count). The van der Waals surface area contributed by atoms with E-state index in [4.69, 9.17) is 14.2 Å². The van der Waals surface area contributed by atoms with Crippen molar-refractivity contribution in [3.63, 3.8) is 0 Å². The van der Waals surface area contributed by atoms with E-state index in [2.05, 4.69) is 13.4 Å². The summed E-state index contributed by atoms with van der Waals surface area (Å²) in [7, 11) is -10.2. The van der Waals surface area contributed by atoms with Crippen LogP contribution in [0, 0.1) is 0 Å². The average molecular weight is 566 g/mol. The zero-order chi connectivity index (χ0) is 27.2. The van der Waals surface area contributed by atoms with Crippen LogP contribution in [0.2, 0.25) is 0 Å². The Hall–Kier alpha value is -2.65. The van der Waals surface area contributed by atoms with Crippen molar-refractivity contribution in [3.8, 4) is 5.75 Å². The summed E-state index contributed by atoms with van der Waals surface area (Å²) in [6.07, 6.45) is -6.45. The second-order valence-corrected chi connectivity index (χ2v) is 10.5. The molecule has 1 saturated heterocycles. The van der Waals surface area contributed by atoms with Crippen molar-refractivity contribution in [2.75, 3.05) is 13.2 Å². The summed E-state index contributed by atoms with van der Waals surface area (Å²) >= 11 is 0. The molecule has 0 spiro atoms. The smallest absolute Gasteiger partial charge is 0.423 e. The van der Waals surface area contributed by atoms with E-state index in [1.54, 1.807) is 25.1 Å². The second-order valence-electron chi connectivity index (χ2n) is 7.47. The first kappa shape index (κ1) is 28.9. The van der Waals surface area contributed by atoms with Crippen LogP contribution < -0.4 is 16.0 Å². The minimum atomic E-state index is -5.21. The molecule has 0 aliphatic carbocycles. The minimum absolute atomic E-state index is 0.107. The van der Waals surface area contributed by atoms with Crippen molar-refractivity contribution in [3.05, 3.63) is 63.4 Å². The van der Waals surface area contributed by atoms with Crippen molar-refractivity contribution in [1.82, 2.24) is 9.55 Å². The highest BCUT2D eigenvalue weighted by atomic mass is 31.3. The van der Waals surface area contributed by atoms with Crippen LogP contribution >= 0.6 is 15.6 Å². The summed E-state index contributed by atoms with van der Waals surface area (Å²) in [5.74, 6) is 0.107. The molecule has 204 valence electrons. The molecule has 1 aliphatic heterocycles. The predicted molar refractivity (Wildman–Crippen MR) is 122 cm³/mol. The minimum Gasteiger partial charge on any atom is -0.423 e. The standard InChI is InChI=1S/C19H24N2O14P2/c1-2-10-30-36(26,27)35-37(28,29)31-11-13-15(23)16(34-19(25)32-12-6-4-3-5-7-12)17(33-13)21-9-8-14(22)20-18(21)24/h3-9,13,15-17,23H,2,10-11H2,1H3,(H,26,27)(H,28,29)(H,20,22,24)/t13-,15?,16+,17-/m1/s1. The first-order valence-electron chi connectivity index (χ1n) is 10.7. The lowest BCUT2D eigenvalue weighted by atomic mass is 10.1. The van der Waals surface area contributed by atoms with Gasteiger partial charge >= 0.3 is 27.5 Å². The largest absolute Gasteiger partial charge is 0.514 e. The van der Waals surface area contributed by atoms with Gasteiger partial charge in [-0.05, 0) is 18.6 Å². The molecule has 3 unspecified atom stereocenters. The SMILES string of the molecule is CCCOP(=O)(O)OP(=O)(O)OC[C@H]1O[C@@H](n2ccc(=O)[nH]c2=O)[C@@H](OC(=O)Oc2ccccc2)C1O. The predicted octanol–water partition coefficient (Wildman–Crippen LogP) is 1.04. The Morgan fingerprint density at radius 2 is 1.78 bits per heavy atom. The van der Waals surface area contributed by atoms with Gasteiger partial charge in [0.15, 0.2) is 12.3 Å². The highest BCUT2D eigenvalue weighted by molar-refractivity contribution is 7.61. The Morgan fingerprint density at radius 1 is 1.11 bits per heavy atom. The third-order valence-corrected chi connectivity index (χ3v) is 7.32. The van der Waals surface area contributed by atoms with E-state index in [1.807, 2.05) is 4.98 Å². The van der Waals surface area contributed by atoms with Gasteiger partial charge in [0.05, 0.1) is 13.2 Å². The molecular formula is C19H24N2O14P2. The zero-order valence-corrected chi connectivity index (χ0v) is 20.9.